The van der Waals surface area contributed by atoms with Crippen LogP contribution in [-0.4, -0.2) is 18.0 Å². The smallest absolute Gasteiger partial charge is 0.0233 e. The van der Waals surface area contributed by atoms with E-state index < -0.39 is 0 Å². The zero-order valence-electron chi connectivity index (χ0n) is 15.4. The minimum Gasteiger partial charge on any atom is -0.299 e. The summed E-state index contributed by atoms with van der Waals surface area (Å²) in [5.41, 5.74) is 1.44. The van der Waals surface area contributed by atoms with Crippen LogP contribution in [0.3, 0.4) is 0 Å². The summed E-state index contributed by atoms with van der Waals surface area (Å²) in [5, 5.41) is 0. The van der Waals surface area contributed by atoms with Gasteiger partial charge in [0.15, 0.2) is 0 Å². The van der Waals surface area contributed by atoms with Gasteiger partial charge in [0.1, 0.15) is 0 Å². The van der Waals surface area contributed by atoms with Crippen LogP contribution in [0.2, 0.25) is 0 Å². The molecule has 1 rings (SSSR count). The summed E-state index contributed by atoms with van der Waals surface area (Å²) < 4.78 is 0. The molecule has 0 unspecified atom stereocenters. The normalized spacial score (nSPS) is 10.7. The molecule has 0 spiro atoms. The Balaban J connectivity index is 0.00000484. The molecule has 0 bridgehead atoms. The highest BCUT2D eigenvalue weighted by molar-refractivity contribution is 5.85. The van der Waals surface area contributed by atoms with Gasteiger partial charge in [-0.15, -0.1) is 12.4 Å². The minimum absolute atomic E-state index is 0. The second-order valence-corrected chi connectivity index (χ2v) is 6.54. The van der Waals surface area contributed by atoms with Gasteiger partial charge in [0.05, 0.1) is 0 Å². The lowest BCUT2D eigenvalue weighted by molar-refractivity contribution is 0.272. The quantitative estimate of drug-likeness (QED) is 0.335. The number of hydrogen-bond donors (Lipinski definition) is 0. The molecule has 1 aromatic carbocycles. The highest BCUT2D eigenvalue weighted by atomic mass is 35.5. The summed E-state index contributed by atoms with van der Waals surface area (Å²) in [6, 6.07) is 10.9. The molecule has 0 N–H and O–H groups in total. The van der Waals surface area contributed by atoms with Crippen molar-refractivity contribution in [1.82, 2.24) is 4.90 Å². The Kier molecular flexibility index (Phi) is 16.0. The van der Waals surface area contributed by atoms with Crippen molar-refractivity contribution in [3.05, 3.63) is 35.9 Å². The average Bonchev–Trinajstić information content (AvgIpc) is 2.56. The number of benzene rings is 1. The van der Waals surface area contributed by atoms with Crippen molar-refractivity contribution in [2.24, 2.45) is 0 Å². The molecule has 0 aliphatic carbocycles. The molecule has 0 saturated heterocycles. The maximum absolute atomic E-state index is 2.57. The first-order valence-electron chi connectivity index (χ1n) is 9.63. The summed E-state index contributed by atoms with van der Waals surface area (Å²) in [5.74, 6) is 0. The number of hydrogen-bond acceptors (Lipinski definition) is 1. The Morgan fingerprint density at radius 2 is 1.22 bits per heavy atom. The first kappa shape index (κ1) is 22.5. The predicted octanol–water partition coefficient (Wildman–Crippen LogP) is 6.85. The van der Waals surface area contributed by atoms with E-state index >= 15 is 0 Å². The summed E-state index contributed by atoms with van der Waals surface area (Å²) in [7, 11) is 0. The van der Waals surface area contributed by atoms with Gasteiger partial charge in [0.2, 0.25) is 0 Å². The van der Waals surface area contributed by atoms with Crippen LogP contribution in [0.1, 0.15) is 83.6 Å². The van der Waals surface area contributed by atoms with E-state index in [-0.39, 0.29) is 12.4 Å². The molecule has 0 radical (unpaired) electrons. The van der Waals surface area contributed by atoms with E-state index in [1.54, 1.807) is 0 Å². The summed E-state index contributed by atoms with van der Waals surface area (Å²) >= 11 is 0. The Hall–Kier alpha value is -0.530. The van der Waals surface area contributed by atoms with Gasteiger partial charge in [-0.1, -0.05) is 102 Å². The molecule has 0 aliphatic rings. The van der Waals surface area contributed by atoms with Gasteiger partial charge in [-0.25, -0.2) is 0 Å². The molecule has 0 amide bonds. The van der Waals surface area contributed by atoms with E-state index in [0.29, 0.717) is 0 Å². The molecule has 0 saturated carbocycles. The van der Waals surface area contributed by atoms with Crippen molar-refractivity contribution in [3.63, 3.8) is 0 Å². The van der Waals surface area contributed by atoms with Crippen molar-refractivity contribution in [2.45, 2.75) is 84.6 Å². The molecule has 0 aromatic heterocycles. The van der Waals surface area contributed by atoms with Gasteiger partial charge in [-0.05, 0) is 25.1 Å². The second kappa shape index (κ2) is 16.3. The Morgan fingerprint density at radius 3 is 1.74 bits per heavy atom. The van der Waals surface area contributed by atoms with Crippen molar-refractivity contribution in [2.75, 3.05) is 13.1 Å². The van der Waals surface area contributed by atoms with Crippen LogP contribution in [0.15, 0.2) is 30.3 Å². The Labute approximate surface area is 151 Å². The maximum Gasteiger partial charge on any atom is 0.0233 e. The molecule has 134 valence electrons. The van der Waals surface area contributed by atoms with Crippen LogP contribution >= 0.6 is 12.4 Å². The SMILES string of the molecule is CCCCCCCCCCCCN(CC)Cc1ccccc1.Cl. The number of nitrogens with zero attached hydrogens (tertiary/aromatic N) is 1. The van der Waals surface area contributed by atoms with Crippen molar-refractivity contribution in [1.29, 1.82) is 0 Å². The van der Waals surface area contributed by atoms with E-state index in [9.17, 15) is 0 Å². The third kappa shape index (κ3) is 12.5. The maximum atomic E-state index is 2.57. The fourth-order valence-corrected chi connectivity index (χ4v) is 3.01. The van der Waals surface area contributed by atoms with Gasteiger partial charge >= 0.3 is 0 Å². The van der Waals surface area contributed by atoms with E-state index in [4.69, 9.17) is 0 Å². The first-order valence-corrected chi connectivity index (χ1v) is 9.63. The molecular formula is C21H38ClN. The number of unbranched alkanes of at least 4 members (excludes halogenated alkanes) is 9. The molecule has 0 fully saturated rings. The fourth-order valence-electron chi connectivity index (χ4n) is 3.01. The van der Waals surface area contributed by atoms with Crippen LogP contribution < -0.4 is 0 Å². The average molecular weight is 340 g/mol. The summed E-state index contributed by atoms with van der Waals surface area (Å²) in [6.45, 7) is 8.08. The fraction of sp³-hybridized carbons (Fsp3) is 0.714. The summed E-state index contributed by atoms with van der Waals surface area (Å²) in [4.78, 5) is 2.57. The zero-order chi connectivity index (χ0) is 15.9. The standard InChI is InChI=1S/C21H37N.ClH/c1-3-5-6-7-8-9-10-11-12-16-19-22(4-2)20-21-17-14-13-15-18-21;/h13-15,17-18H,3-12,16,19-20H2,1-2H3;1H. The van der Waals surface area contributed by atoms with Crippen LogP contribution in [-0.2, 0) is 6.54 Å². The lowest BCUT2D eigenvalue weighted by Gasteiger charge is -2.20. The Bertz CT molecular complexity index is 339. The van der Waals surface area contributed by atoms with Gasteiger partial charge in [0.25, 0.3) is 0 Å². The lowest BCUT2D eigenvalue weighted by atomic mass is 10.1. The van der Waals surface area contributed by atoms with Gasteiger partial charge < -0.3 is 0 Å². The predicted molar refractivity (Wildman–Crippen MR) is 106 cm³/mol. The number of rotatable bonds is 14. The van der Waals surface area contributed by atoms with Gasteiger partial charge in [-0.3, -0.25) is 4.90 Å². The van der Waals surface area contributed by atoms with E-state index in [0.717, 1.165) is 13.1 Å². The molecule has 2 heteroatoms. The molecule has 1 nitrogen and oxygen atoms in total. The van der Waals surface area contributed by atoms with E-state index in [1.807, 2.05) is 0 Å². The molecule has 0 aliphatic heterocycles. The molecule has 0 heterocycles. The number of halogens is 1. The van der Waals surface area contributed by atoms with Crippen molar-refractivity contribution < 1.29 is 0 Å². The second-order valence-electron chi connectivity index (χ2n) is 6.54. The van der Waals surface area contributed by atoms with Crippen LogP contribution in [0.5, 0.6) is 0 Å². The zero-order valence-corrected chi connectivity index (χ0v) is 16.3. The highest BCUT2D eigenvalue weighted by Crippen LogP contribution is 2.11. The molecular weight excluding hydrogens is 302 g/mol. The van der Waals surface area contributed by atoms with Crippen LogP contribution in [0, 0.1) is 0 Å². The topological polar surface area (TPSA) is 3.24 Å². The van der Waals surface area contributed by atoms with Crippen molar-refractivity contribution >= 4 is 12.4 Å². The third-order valence-electron chi connectivity index (χ3n) is 4.52. The van der Waals surface area contributed by atoms with Crippen LogP contribution in [0.25, 0.3) is 0 Å². The van der Waals surface area contributed by atoms with Crippen LogP contribution in [0.4, 0.5) is 0 Å². The first-order chi connectivity index (χ1) is 10.9. The Morgan fingerprint density at radius 1 is 0.696 bits per heavy atom. The highest BCUT2D eigenvalue weighted by Gasteiger charge is 2.03. The largest absolute Gasteiger partial charge is 0.299 e. The van der Waals surface area contributed by atoms with Crippen molar-refractivity contribution in [3.8, 4) is 0 Å². The van der Waals surface area contributed by atoms with Gasteiger partial charge in [0, 0.05) is 6.54 Å². The van der Waals surface area contributed by atoms with Gasteiger partial charge in [-0.2, -0.15) is 0 Å². The monoisotopic (exact) mass is 339 g/mol. The van der Waals surface area contributed by atoms with E-state index in [1.165, 1.54) is 76.3 Å². The molecule has 23 heavy (non-hydrogen) atoms. The lowest BCUT2D eigenvalue weighted by Crippen LogP contribution is -2.23. The molecule has 1 aromatic rings. The minimum atomic E-state index is 0. The third-order valence-corrected chi connectivity index (χ3v) is 4.52. The van der Waals surface area contributed by atoms with E-state index in [2.05, 4.69) is 49.1 Å². The molecule has 0 atom stereocenters. The summed E-state index contributed by atoms with van der Waals surface area (Å²) in [6.07, 6.45) is 14.2.